The molecule has 0 bridgehead atoms. The van der Waals surface area contributed by atoms with Crippen molar-refractivity contribution in [3.8, 4) is 17.2 Å². The average molecular weight is 586 g/mol. The number of tetrazole rings is 1. The van der Waals surface area contributed by atoms with Crippen LogP contribution in [-0.2, 0) is 13.6 Å². The zero-order chi connectivity index (χ0) is 30.0. The number of carbonyl (C=O) groups is 2. The summed E-state index contributed by atoms with van der Waals surface area (Å²) in [5.74, 6) is -0.790. The predicted molar refractivity (Wildman–Crippen MR) is 155 cm³/mol. The molecule has 1 aromatic heterocycles. The van der Waals surface area contributed by atoms with E-state index in [1.54, 1.807) is 43.4 Å². The third kappa shape index (κ3) is 5.69. The maximum atomic E-state index is 13.6. The van der Waals surface area contributed by atoms with Crippen LogP contribution in [0.4, 0.5) is 16.2 Å². The Hall–Kier alpha value is -5.50. The monoisotopic (exact) mass is 585 g/mol. The molecule has 5 rings (SSSR count). The molecule has 42 heavy (non-hydrogen) atoms. The minimum atomic E-state index is -0.863. The number of hydrogen-bond acceptors (Lipinski definition) is 10. The Labute approximate surface area is 242 Å². The maximum absolute atomic E-state index is 13.6. The molecule has 0 saturated carbocycles. The van der Waals surface area contributed by atoms with Crippen LogP contribution in [0.25, 0.3) is 10.8 Å². The van der Waals surface area contributed by atoms with E-state index in [0.717, 1.165) is 17.3 Å². The van der Waals surface area contributed by atoms with E-state index in [-0.39, 0.29) is 40.2 Å². The molecule has 0 atom stereocenters. The normalized spacial score (nSPS) is 10.9. The number of nitro benzene ring substituents is 1. The number of benzene rings is 4. The molecule has 212 valence electrons. The van der Waals surface area contributed by atoms with Gasteiger partial charge in [-0.05, 0) is 41.6 Å². The molecular formula is C28H23N7O6S. The van der Waals surface area contributed by atoms with Gasteiger partial charge in [-0.25, -0.2) is 4.68 Å². The summed E-state index contributed by atoms with van der Waals surface area (Å²) in [6, 6.07) is 19.2. The topological polar surface area (TPSA) is 180 Å². The number of nitro groups is 1. The predicted octanol–water partition coefficient (Wildman–Crippen LogP) is 5.10. The summed E-state index contributed by atoms with van der Waals surface area (Å²) in [4.78, 5) is 38.3. The Morgan fingerprint density at radius 1 is 1.07 bits per heavy atom. The lowest BCUT2D eigenvalue weighted by atomic mass is 10.0. The molecule has 14 heteroatoms. The van der Waals surface area contributed by atoms with Crippen LogP contribution < -0.4 is 15.4 Å². The van der Waals surface area contributed by atoms with E-state index < -0.39 is 16.1 Å². The summed E-state index contributed by atoms with van der Waals surface area (Å²) in [5.41, 5.74) is 6.92. The number of thioether (sulfide) groups is 1. The molecule has 3 N–H and O–H groups in total. The number of ether oxygens (including phenoxy) is 1. The first-order valence-electron chi connectivity index (χ1n) is 12.4. The highest BCUT2D eigenvalue weighted by Gasteiger charge is 2.24. The zero-order valence-electron chi connectivity index (χ0n) is 22.3. The van der Waals surface area contributed by atoms with Crippen molar-refractivity contribution in [1.29, 1.82) is 0 Å². The molecule has 0 spiro atoms. The van der Waals surface area contributed by atoms with Crippen molar-refractivity contribution in [2.24, 2.45) is 12.8 Å². The average Bonchev–Trinajstić information content (AvgIpc) is 3.37. The first kappa shape index (κ1) is 28.0. The van der Waals surface area contributed by atoms with E-state index in [2.05, 4.69) is 15.5 Å². The smallest absolute Gasteiger partial charge is 0.294 e. The Kier molecular flexibility index (Phi) is 7.71. The quantitative estimate of drug-likeness (QED) is 0.141. The lowest BCUT2D eigenvalue weighted by Crippen LogP contribution is -2.27. The van der Waals surface area contributed by atoms with Crippen LogP contribution in [0.1, 0.15) is 21.5 Å². The number of anilines is 1. The van der Waals surface area contributed by atoms with E-state index >= 15 is 0 Å². The van der Waals surface area contributed by atoms with Crippen molar-refractivity contribution in [2.45, 2.75) is 18.6 Å². The number of carbonyl (C=O) groups excluding carboxylic acids is 2. The SMILES string of the molecule is Cc1ccc(N(Cc2cc([N+](=O)[O-])ccc2Oc2cc(C(N)=O)c(O)c3ccccc23)C(=O)Sc2nnnn2C)cc1. The molecule has 0 aliphatic carbocycles. The standard InChI is InChI=1S/C28H23N7O6S/c1-16-7-9-18(10-8-16)34(28(38)42-27-30-31-32-33(27)2)15-17-13-19(35(39)40)11-12-23(17)41-24-14-22(26(29)37)25(36)21-6-4-3-5-20(21)24/h3-14,36H,15H2,1-2H3,(H2,29,37). The number of amides is 2. The highest BCUT2D eigenvalue weighted by molar-refractivity contribution is 8.13. The van der Waals surface area contributed by atoms with Crippen LogP contribution in [0, 0.1) is 17.0 Å². The summed E-state index contributed by atoms with van der Waals surface area (Å²) in [6.07, 6.45) is 0. The summed E-state index contributed by atoms with van der Waals surface area (Å²) in [6.45, 7) is 1.78. The lowest BCUT2D eigenvalue weighted by molar-refractivity contribution is -0.384. The Balaban J connectivity index is 1.60. The number of aromatic nitrogens is 4. The third-order valence-corrected chi connectivity index (χ3v) is 7.30. The van der Waals surface area contributed by atoms with Gasteiger partial charge in [-0.2, -0.15) is 0 Å². The fourth-order valence-electron chi connectivity index (χ4n) is 4.22. The minimum Gasteiger partial charge on any atom is -0.506 e. The molecule has 0 aliphatic rings. The van der Waals surface area contributed by atoms with Gasteiger partial charge < -0.3 is 15.6 Å². The molecule has 4 aromatic carbocycles. The molecule has 0 saturated heterocycles. The number of primary amides is 1. The number of aromatic hydroxyl groups is 1. The fourth-order valence-corrected chi connectivity index (χ4v) is 4.90. The van der Waals surface area contributed by atoms with Gasteiger partial charge in [-0.1, -0.05) is 42.0 Å². The Morgan fingerprint density at radius 2 is 1.79 bits per heavy atom. The lowest BCUT2D eigenvalue weighted by Gasteiger charge is -2.24. The van der Waals surface area contributed by atoms with Crippen molar-refractivity contribution in [3.05, 3.63) is 99.6 Å². The van der Waals surface area contributed by atoms with Crippen LogP contribution in [0.5, 0.6) is 17.2 Å². The van der Waals surface area contributed by atoms with Crippen LogP contribution in [0.3, 0.4) is 0 Å². The van der Waals surface area contributed by atoms with Crippen molar-refractivity contribution < 1.29 is 24.4 Å². The molecule has 0 unspecified atom stereocenters. The van der Waals surface area contributed by atoms with Gasteiger partial charge in [0, 0.05) is 53.0 Å². The molecule has 0 fully saturated rings. The molecular weight excluding hydrogens is 562 g/mol. The molecule has 0 radical (unpaired) electrons. The Morgan fingerprint density at radius 3 is 2.43 bits per heavy atom. The largest absolute Gasteiger partial charge is 0.506 e. The van der Waals surface area contributed by atoms with Gasteiger partial charge in [-0.15, -0.1) is 5.10 Å². The van der Waals surface area contributed by atoms with Gasteiger partial charge in [0.25, 0.3) is 16.8 Å². The first-order chi connectivity index (χ1) is 20.1. The number of rotatable bonds is 8. The molecule has 5 aromatic rings. The van der Waals surface area contributed by atoms with Gasteiger partial charge in [0.15, 0.2) is 0 Å². The Bertz CT molecular complexity index is 1840. The van der Waals surface area contributed by atoms with Crippen molar-refractivity contribution in [2.75, 3.05) is 4.90 Å². The molecule has 1 heterocycles. The van der Waals surface area contributed by atoms with Gasteiger partial charge >= 0.3 is 0 Å². The number of hydrogen-bond donors (Lipinski definition) is 2. The number of nitrogens with two attached hydrogens (primary N) is 1. The van der Waals surface area contributed by atoms with Gasteiger partial charge in [0.1, 0.15) is 17.2 Å². The van der Waals surface area contributed by atoms with Gasteiger partial charge in [0.05, 0.1) is 17.0 Å². The van der Waals surface area contributed by atoms with Crippen LogP contribution >= 0.6 is 11.8 Å². The van der Waals surface area contributed by atoms with E-state index in [0.29, 0.717) is 22.0 Å². The minimum absolute atomic E-state index is 0.129. The summed E-state index contributed by atoms with van der Waals surface area (Å²) < 4.78 is 7.59. The summed E-state index contributed by atoms with van der Waals surface area (Å²) in [5, 5.41) is 34.1. The van der Waals surface area contributed by atoms with E-state index in [1.165, 1.54) is 33.8 Å². The van der Waals surface area contributed by atoms with Crippen molar-refractivity contribution in [1.82, 2.24) is 20.2 Å². The highest BCUT2D eigenvalue weighted by Crippen LogP contribution is 2.40. The van der Waals surface area contributed by atoms with Gasteiger partial charge in [0.2, 0.25) is 5.16 Å². The number of fused-ring (bicyclic) bond motifs is 1. The highest BCUT2D eigenvalue weighted by atomic mass is 32.2. The first-order valence-corrected chi connectivity index (χ1v) is 13.2. The summed E-state index contributed by atoms with van der Waals surface area (Å²) >= 11 is 0.792. The molecule has 13 nitrogen and oxygen atoms in total. The molecule has 2 amide bonds. The number of non-ortho nitro benzene ring substituents is 1. The van der Waals surface area contributed by atoms with E-state index in [1.807, 2.05) is 19.1 Å². The maximum Gasteiger partial charge on any atom is 0.294 e. The van der Waals surface area contributed by atoms with E-state index in [4.69, 9.17) is 10.5 Å². The fraction of sp³-hybridized carbons (Fsp3) is 0.107. The van der Waals surface area contributed by atoms with Gasteiger partial charge in [-0.3, -0.25) is 24.6 Å². The second kappa shape index (κ2) is 11.5. The van der Waals surface area contributed by atoms with Crippen molar-refractivity contribution >= 4 is 45.1 Å². The van der Waals surface area contributed by atoms with Crippen molar-refractivity contribution in [3.63, 3.8) is 0 Å². The second-order valence-corrected chi connectivity index (χ2v) is 10.1. The van der Waals surface area contributed by atoms with Crippen LogP contribution in [0.15, 0.2) is 78.0 Å². The molecule has 0 aliphatic heterocycles. The van der Waals surface area contributed by atoms with E-state index in [9.17, 15) is 24.8 Å². The number of nitrogens with zero attached hydrogens (tertiary/aromatic N) is 6. The van der Waals surface area contributed by atoms with Crippen LogP contribution in [-0.4, -0.2) is 41.4 Å². The summed E-state index contributed by atoms with van der Waals surface area (Å²) in [7, 11) is 1.60. The van der Waals surface area contributed by atoms with Crippen LogP contribution in [0.2, 0.25) is 0 Å². The third-order valence-electron chi connectivity index (χ3n) is 6.37. The number of aryl methyl sites for hydroxylation is 2. The zero-order valence-corrected chi connectivity index (χ0v) is 23.1. The second-order valence-electron chi connectivity index (χ2n) is 9.21. The number of phenols is 1.